The molecule has 4 aromatic rings. The molecule has 0 fully saturated rings. The minimum Gasteiger partial charge on any atom is -0.494 e. The number of carbonyl (C=O) groups is 1. The van der Waals surface area contributed by atoms with Crippen molar-refractivity contribution in [2.45, 2.75) is 32.4 Å². The number of rotatable bonds is 13. The summed E-state index contributed by atoms with van der Waals surface area (Å²) in [6.07, 6.45) is 6.76. The van der Waals surface area contributed by atoms with Crippen molar-refractivity contribution in [2.24, 2.45) is 0 Å². The van der Waals surface area contributed by atoms with Crippen molar-refractivity contribution >= 4 is 45.7 Å². The maximum Gasteiger partial charge on any atom is 0.247 e. The molecule has 1 aliphatic heterocycles. The van der Waals surface area contributed by atoms with Crippen molar-refractivity contribution < 1.29 is 19.0 Å². The minimum atomic E-state index is -0.381. The summed E-state index contributed by atoms with van der Waals surface area (Å²) in [5.41, 5.74) is 5.09. The molecule has 1 unspecified atom stereocenters. The molecule has 3 heterocycles. The highest BCUT2D eigenvalue weighted by Gasteiger charge is 2.22. The van der Waals surface area contributed by atoms with E-state index in [1.165, 1.54) is 17.2 Å². The molecule has 1 amide bonds. The summed E-state index contributed by atoms with van der Waals surface area (Å²) >= 11 is 6.67. The first-order valence-corrected chi connectivity index (χ1v) is 14.6. The zero-order valence-corrected chi connectivity index (χ0v) is 25.7. The maximum atomic E-state index is 12.4. The van der Waals surface area contributed by atoms with Crippen LogP contribution < -0.4 is 20.1 Å². The van der Waals surface area contributed by atoms with Crippen LogP contribution in [0.4, 0.5) is 17.3 Å². The van der Waals surface area contributed by atoms with E-state index in [0.29, 0.717) is 59.3 Å². The summed E-state index contributed by atoms with van der Waals surface area (Å²) in [7, 11) is 5.48. The molecule has 1 atom stereocenters. The van der Waals surface area contributed by atoms with Gasteiger partial charge in [-0.05, 0) is 51.6 Å². The molecule has 0 bridgehead atoms. The van der Waals surface area contributed by atoms with Gasteiger partial charge in [0.15, 0.2) is 0 Å². The standard InChI is InChI=1S/C32H37ClN6O4/c1-6-29(40)35-26-14-25(27(41-5)15-28(26)43-21(17-38(3)4)19-42-7-2)36-32-34-16-24(33)30(37-32)23-18-39-13-9-11-20-10-8-12-22(23)31(20)39/h6,8,10,12,14-16,18,21H,1,7,9,11,13,17,19H2,2-5H3,(H,35,40)(H,34,36,37). The number of ether oxygens (including phenoxy) is 3. The highest BCUT2D eigenvalue weighted by atomic mass is 35.5. The van der Waals surface area contributed by atoms with E-state index in [2.05, 4.69) is 51.2 Å². The van der Waals surface area contributed by atoms with Gasteiger partial charge >= 0.3 is 0 Å². The minimum absolute atomic E-state index is 0.293. The third-order valence-corrected chi connectivity index (χ3v) is 7.46. The Labute approximate surface area is 256 Å². The van der Waals surface area contributed by atoms with Gasteiger partial charge in [-0.2, -0.15) is 0 Å². The maximum absolute atomic E-state index is 12.4. The lowest BCUT2D eigenvalue weighted by Crippen LogP contribution is -2.35. The van der Waals surface area contributed by atoms with Crippen LogP contribution in [0.5, 0.6) is 11.5 Å². The smallest absolute Gasteiger partial charge is 0.247 e. The molecule has 0 spiro atoms. The Kier molecular flexibility index (Phi) is 9.49. The number of hydrogen-bond donors (Lipinski definition) is 2. The Morgan fingerprint density at radius 2 is 2.09 bits per heavy atom. The van der Waals surface area contributed by atoms with Gasteiger partial charge in [-0.3, -0.25) is 4.79 Å². The van der Waals surface area contributed by atoms with Crippen LogP contribution in [-0.4, -0.2) is 72.4 Å². The number of para-hydroxylation sites is 1. The highest BCUT2D eigenvalue weighted by Crippen LogP contribution is 2.40. The Morgan fingerprint density at radius 3 is 2.84 bits per heavy atom. The second-order valence-corrected chi connectivity index (χ2v) is 11.0. The fourth-order valence-corrected chi connectivity index (χ4v) is 5.54. The van der Waals surface area contributed by atoms with E-state index in [0.717, 1.165) is 30.3 Å². The average Bonchev–Trinajstić information content (AvgIpc) is 3.37. The van der Waals surface area contributed by atoms with Crippen LogP contribution in [0.2, 0.25) is 5.02 Å². The number of amides is 1. The zero-order valence-electron chi connectivity index (χ0n) is 24.9. The monoisotopic (exact) mass is 604 g/mol. The van der Waals surface area contributed by atoms with Gasteiger partial charge in [-0.15, -0.1) is 0 Å². The van der Waals surface area contributed by atoms with Crippen LogP contribution in [0.15, 0.2) is 55.4 Å². The van der Waals surface area contributed by atoms with Crippen molar-refractivity contribution in [2.75, 3.05) is 51.6 Å². The predicted molar refractivity (Wildman–Crippen MR) is 171 cm³/mol. The number of aryl methyl sites for hydroxylation is 2. The molecule has 2 aromatic carbocycles. The van der Waals surface area contributed by atoms with Gasteiger partial charge in [0.1, 0.15) is 17.6 Å². The summed E-state index contributed by atoms with van der Waals surface area (Å²) in [5.74, 6) is 0.837. The number of nitrogens with zero attached hydrogens (tertiary/aromatic N) is 4. The van der Waals surface area contributed by atoms with Crippen molar-refractivity contribution in [1.82, 2.24) is 19.4 Å². The summed E-state index contributed by atoms with van der Waals surface area (Å²) in [5, 5.41) is 7.65. The molecule has 2 aromatic heterocycles. The summed E-state index contributed by atoms with van der Waals surface area (Å²) < 4.78 is 20.0. The van der Waals surface area contributed by atoms with E-state index in [-0.39, 0.29) is 12.0 Å². The second-order valence-electron chi connectivity index (χ2n) is 10.6. The van der Waals surface area contributed by atoms with E-state index >= 15 is 0 Å². The molecule has 0 aliphatic carbocycles. The summed E-state index contributed by atoms with van der Waals surface area (Å²) in [6.45, 7) is 8.01. The zero-order chi connectivity index (χ0) is 30.5. The molecular formula is C32H37ClN6O4. The molecule has 226 valence electrons. The quantitative estimate of drug-likeness (QED) is 0.181. The number of hydrogen-bond acceptors (Lipinski definition) is 8. The van der Waals surface area contributed by atoms with Crippen molar-refractivity contribution in [1.29, 1.82) is 0 Å². The van der Waals surface area contributed by atoms with Crippen LogP contribution in [0.3, 0.4) is 0 Å². The molecule has 5 rings (SSSR count). The Balaban J connectivity index is 1.51. The normalized spacial score (nSPS) is 13.2. The van der Waals surface area contributed by atoms with Crippen molar-refractivity contribution in [3.05, 3.63) is 66.0 Å². The Bertz CT molecular complexity index is 1640. The number of nitrogens with one attached hydrogen (secondary N) is 2. The number of halogens is 1. The molecule has 10 nitrogen and oxygen atoms in total. The van der Waals surface area contributed by atoms with Crippen LogP contribution in [0.25, 0.3) is 22.2 Å². The first kappa shape index (κ1) is 30.3. The molecule has 0 radical (unpaired) electrons. The third kappa shape index (κ3) is 6.77. The van der Waals surface area contributed by atoms with Gasteiger partial charge in [0.25, 0.3) is 0 Å². The number of anilines is 3. The number of aromatic nitrogens is 3. The fourth-order valence-electron chi connectivity index (χ4n) is 5.35. The lowest BCUT2D eigenvalue weighted by molar-refractivity contribution is -0.111. The molecule has 1 aliphatic rings. The topological polar surface area (TPSA) is 103 Å². The number of methoxy groups -OCH3 is 1. The van der Waals surface area contributed by atoms with E-state index < -0.39 is 0 Å². The molecule has 0 saturated carbocycles. The largest absolute Gasteiger partial charge is 0.494 e. The first-order valence-electron chi connectivity index (χ1n) is 14.3. The second kappa shape index (κ2) is 13.5. The highest BCUT2D eigenvalue weighted by molar-refractivity contribution is 6.33. The van der Waals surface area contributed by atoms with Gasteiger partial charge < -0.3 is 34.3 Å². The fraction of sp³-hybridized carbons (Fsp3) is 0.344. The van der Waals surface area contributed by atoms with Crippen molar-refractivity contribution in [3.8, 4) is 22.8 Å². The van der Waals surface area contributed by atoms with Gasteiger partial charge in [-0.25, -0.2) is 9.97 Å². The molecular weight excluding hydrogens is 568 g/mol. The predicted octanol–water partition coefficient (Wildman–Crippen LogP) is 5.92. The molecule has 0 saturated heterocycles. The first-order chi connectivity index (χ1) is 20.8. The number of carbonyl (C=O) groups excluding carboxylic acids is 1. The average molecular weight is 605 g/mol. The van der Waals surface area contributed by atoms with Crippen LogP contribution in [-0.2, 0) is 22.5 Å². The molecule has 11 heteroatoms. The third-order valence-electron chi connectivity index (χ3n) is 7.19. The van der Waals surface area contributed by atoms with Gasteiger partial charge in [0.05, 0.1) is 47.5 Å². The van der Waals surface area contributed by atoms with Gasteiger partial charge in [-0.1, -0.05) is 36.4 Å². The summed E-state index contributed by atoms with van der Waals surface area (Å²) in [6, 6.07) is 9.81. The SMILES string of the molecule is C=CC(=O)Nc1cc(Nc2ncc(Cl)c(-c3cn4c5c(cccc35)CCC4)n2)c(OC)cc1OC(COCC)CN(C)C. The Hall–Kier alpha value is -4.12. The van der Waals surface area contributed by atoms with E-state index in [4.69, 9.17) is 30.8 Å². The van der Waals surface area contributed by atoms with Crippen LogP contribution in [0.1, 0.15) is 18.9 Å². The van der Waals surface area contributed by atoms with Crippen molar-refractivity contribution in [3.63, 3.8) is 0 Å². The van der Waals surface area contributed by atoms with E-state index in [1.54, 1.807) is 25.4 Å². The lowest BCUT2D eigenvalue weighted by atomic mass is 10.0. The summed E-state index contributed by atoms with van der Waals surface area (Å²) in [4.78, 5) is 23.7. The lowest BCUT2D eigenvalue weighted by Gasteiger charge is -2.24. The van der Waals surface area contributed by atoms with Crippen LogP contribution >= 0.6 is 11.6 Å². The van der Waals surface area contributed by atoms with Gasteiger partial charge in [0.2, 0.25) is 11.9 Å². The van der Waals surface area contributed by atoms with Gasteiger partial charge in [0, 0.05) is 42.9 Å². The van der Waals surface area contributed by atoms with E-state index in [1.807, 2.05) is 25.9 Å². The Morgan fingerprint density at radius 1 is 1.26 bits per heavy atom. The van der Waals surface area contributed by atoms with Crippen LogP contribution in [0, 0.1) is 0 Å². The van der Waals surface area contributed by atoms with E-state index in [9.17, 15) is 4.79 Å². The number of benzene rings is 2. The molecule has 2 N–H and O–H groups in total. The number of likely N-dealkylation sites (N-methyl/N-ethyl adjacent to an activating group) is 1. The molecule has 43 heavy (non-hydrogen) atoms.